The van der Waals surface area contributed by atoms with E-state index < -0.39 is 5.97 Å². The molecule has 0 radical (unpaired) electrons. The highest BCUT2D eigenvalue weighted by Gasteiger charge is 2.14. The number of thiazole rings is 1. The van der Waals surface area contributed by atoms with Crippen LogP contribution in [-0.4, -0.2) is 30.4 Å². The van der Waals surface area contributed by atoms with E-state index in [2.05, 4.69) is 15.0 Å². The number of anilines is 1. The predicted octanol–water partition coefficient (Wildman–Crippen LogP) is 3.30. The van der Waals surface area contributed by atoms with E-state index in [0.29, 0.717) is 0 Å². The normalized spacial score (nSPS) is 11.4. The van der Waals surface area contributed by atoms with Crippen LogP contribution in [0.4, 0.5) is 5.95 Å². The number of nitrogen functional groups attached to an aromatic ring is 1. The van der Waals surface area contributed by atoms with Crippen LogP contribution in [-0.2, 0) is 0 Å². The molecule has 0 unspecified atom stereocenters. The monoisotopic (exact) mass is 363 g/mol. The van der Waals surface area contributed by atoms with E-state index in [1.54, 1.807) is 12.2 Å². The minimum Gasteiger partial charge on any atom is -0.478 e. The van der Waals surface area contributed by atoms with Gasteiger partial charge in [0.2, 0.25) is 5.95 Å². The third-order valence-electron chi connectivity index (χ3n) is 3.81. The summed E-state index contributed by atoms with van der Waals surface area (Å²) in [6, 6.07) is 9.80. The zero-order chi connectivity index (χ0) is 18.1. The molecule has 26 heavy (non-hydrogen) atoms. The van der Waals surface area contributed by atoms with Crippen molar-refractivity contribution in [2.75, 3.05) is 5.73 Å². The summed E-state index contributed by atoms with van der Waals surface area (Å²) in [4.78, 5) is 24.7. The zero-order valence-corrected chi connectivity index (χ0v) is 14.2. The summed E-state index contributed by atoms with van der Waals surface area (Å²) >= 11 is 1.53. The topological polar surface area (TPSA) is 106 Å². The van der Waals surface area contributed by atoms with Gasteiger partial charge in [-0.15, -0.1) is 11.3 Å². The van der Waals surface area contributed by atoms with Crippen molar-refractivity contribution in [3.63, 3.8) is 0 Å². The molecular formula is C18H13N5O2S. The first-order valence-corrected chi connectivity index (χ1v) is 8.56. The van der Waals surface area contributed by atoms with Crippen LogP contribution in [0.25, 0.3) is 28.4 Å². The summed E-state index contributed by atoms with van der Waals surface area (Å²) in [6.45, 7) is 0. The fourth-order valence-corrected chi connectivity index (χ4v) is 3.35. The second kappa shape index (κ2) is 6.41. The van der Waals surface area contributed by atoms with E-state index in [0.717, 1.165) is 21.9 Å². The highest BCUT2D eigenvalue weighted by molar-refractivity contribution is 7.15. The van der Waals surface area contributed by atoms with Crippen molar-refractivity contribution in [1.82, 2.24) is 19.4 Å². The molecule has 0 atom stereocenters. The number of carboxylic acids is 1. The number of fused-ring (bicyclic) bond motifs is 1. The van der Waals surface area contributed by atoms with Gasteiger partial charge in [-0.25, -0.2) is 19.7 Å². The molecule has 3 aromatic heterocycles. The fourth-order valence-electron chi connectivity index (χ4n) is 2.63. The van der Waals surface area contributed by atoms with Crippen LogP contribution < -0.4 is 5.73 Å². The average Bonchev–Trinajstić information content (AvgIpc) is 3.22. The Morgan fingerprint density at radius 1 is 1.19 bits per heavy atom. The second-order valence-electron chi connectivity index (χ2n) is 5.43. The van der Waals surface area contributed by atoms with Gasteiger partial charge in [0.1, 0.15) is 5.56 Å². The molecule has 7 nitrogen and oxygen atoms in total. The molecular weight excluding hydrogens is 350 g/mol. The quantitative estimate of drug-likeness (QED) is 0.576. The number of benzene rings is 1. The van der Waals surface area contributed by atoms with E-state index in [-0.39, 0.29) is 17.2 Å². The number of hydrogen-bond acceptors (Lipinski definition) is 6. The summed E-state index contributed by atoms with van der Waals surface area (Å²) in [7, 11) is 0. The van der Waals surface area contributed by atoms with Gasteiger partial charge in [-0.05, 0) is 12.2 Å². The Morgan fingerprint density at radius 2 is 2.00 bits per heavy atom. The first-order valence-electron chi connectivity index (χ1n) is 7.68. The van der Waals surface area contributed by atoms with Crippen molar-refractivity contribution in [2.24, 2.45) is 0 Å². The maximum absolute atomic E-state index is 11.4. The standard InChI is InChI=1S/C18H13N5O2S/c19-17-20-10-12(16(24)25)13(21-17)6-7-14-15(11-4-2-1-3-5-11)22-18-23(14)8-9-26-18/h1-10H,(H,24,25)(H2,19,20,21). The third kappa shape index (κ3) is 2.82. The molecule has 0 aliphatic carbocycles. The van der Waals surface area contributed by atoms with Gasteiger partial charge < -0.3 is 10.8 Å². The first-order chi connectivity index (χ1) is 12.6. The minimum absolute atomic E-state index is 0.0113. The molecule has 0 saturated carbocycles. The average molecular weight is 363 g/mol. The van der Waals surface area contributed by atoms with Crippen LogP contribution in [0.2, 0.25) is 0 Å². The lowest BCUT2D eigenvalue weighted by molar-refractivity contribution is 0.0696. The molecule has 0 aliphatic rings. The summed E-state index contributed by atoms with van der Waals surface area (Å²) < 4.78 is 1.95. The van der Waals surface area contributed by atoms with E-state index >= 15 is 0 Å². The van der Waals surface area contributed by atoms with Crippen LogP contribution in [0.15, 0.2) is 48.1 Å². The molecule has 0 spiro atoms. The van der Waals surface area contributed by atoms with Crippen LogP contribution in [0.1, 0.15) is 21.7 Å². The zero-order valence-electron chi connectivity index (χ0n) is 13.4. The Bertz CT molecular complexity index is 1130. The van der Waals surface area contributed by atoms with Gasteiger partial charge in [0.05, 0.1) is 17.1 Å². The van der Waals surface area contributed by atoms with Gasteiger partial charge in [-0.2, -0.15) is 0 Å². The minimum atomic E-state index is -1.11. The summed E-state index contributed by atoms with van der Waals surface area (Å²) in [6.07, 6.45) is 6.54. The number of hydrogen-bond donors (Lipinski definition) is 2. The molecule has 3 N–H and O–H groups in total. The summed E-state index contributed by atoms with van der Waals surface area (Å²) in [5.41, 5.74) is 8.46. The number of nitrogens with two attached hydrogens (primary N) is 1. The Hall–Kier alpha value is -3.52. The SMILES string of the molecule is Nc1ncc(C(=O)O)c(C=Cc2c(-c3ccccc3)nc3sccn23)n1. The Kier molecular flexibility index (Phi) is 3.94. The predicted molar refractivity (Wildman–Crippen MR) is 101 cm³/mol. The molecule has 4 rings (SSSR count). The van der Waals surface area contributed by atoms with Gasteiger partial charge in [0, 0.05) is 23.3 Å². The number of aromatic nitrogens is 4. The van der Waals surface area contributed by atoms with Crippen molar-refractivity contribution >= 4 is 40.4 Å². The summed E-state index contributed by atoms with van der Waals surface area (Å²) in [5, 5.41) is 11.3. The molecule has 0 fully saturated rings. The molecule has 1 aromatic carbocycles. The van der Waals surface area contributed by atoms with Gasteiger partial charge >= 0.3 is 5.97 Å². The van der Waals surface area contributed by atoms with Crippen molar-refractivity contribution in [3.05, 3.63) is 65.1 Å². The lowest BCUT2D eigenvalue weighted by atomic mass is 10.1. The largest absolute Gasteiger partial charge is 0.478 e. The number of carboxylic acid groups (broad SMARTS) is 1. The molecule has 3 heterocycles. The van der Waals surface area contributed by atoms with Gasteiger partial charge in [-0.1, -0.05) is 30.3 Å². The van der Waals surface area contributed by atoms with E-state index in [1.165, 1.54) is 17.5 Å². The molecule has 4 aromatic rings. The number of carbonyl (C=O) groups is 1. The lowest BCUT2D eigenvalue weighted by Gasteiger charge is -2.02. The van der Waals surface area contributed by atoms with E-state index in [1.807, 2.05) is 46.3 Å². The molecule has 0 aliphatic heterocycles. The van der Waals surface area contributed by atoms with Crippen LogP contribution >= 0.6 is 11.3 Å². The first kappa shape index (κ1) is 16.0. The van der Waals surface area contributed by atoms with Gasteiger partial charge in [0.25, 0.3) is 0 Å². The number of imidazole rings is 1. The molecule has 0 bridgehead atoms. The maximum Gasteiger partial charge on any atom is 0.339 e. The molecule has 0 saturated heterocycles. The van der Waals surface area contributed by atoms with Crippen LogP contribution in [0.3, 0.4) is 0 Å². The smallest absolute Gasteiger partial charge is 0.339 e. The highest BCUT2D eigenvalue weighted by Crippen LogP contribution is 2.28. The highest BCUT2D eigenvalue weighted by atomic mass is 32.1. The molecule has 128 valence electrons. The Morgan fingerprint density at radius 3 is 2.77 bits per heavy atom. The Balaban J connectivity index is 1.86. The van der Waals surface area contributed by atoms with Gasteiger partial charge in [-0.3, -0.25) is 4.40 Å². The third-order valence-corrected chi connectivity index (χ3v) is 4.57. The molecule has 0 amide bonds. The van der Waals surface area contributed by atoms with Crippen molar-refractivity contribution < 1.29 is 9.90 Å². The van der Waals surface area contributed by atoms with Crippen LogP contribution in [0, 0.1) is 0 Å². The molecule has 8 heteroatoms. The Labute approximate surface area is 152 Å². The van der Waals surface area contributed by atoms with Gasteiger partial charge in [0.15, 0.2) is 4.96 Å². The van der Waals surface area contributed by atoms with Crippen LogP contribution in [0.5, 0.6) is 0 Å². The number of rotatable bonds is 4. The number of aromatic carboxylic acids is 1. The van der Waals surface area contributed by atoms with Crippen molar-refractivity contribution in [3.8, 4) is 11.3 Å². The lowest BCUT2D eigenvalue weighted by Crippen LogP contribution is -2.05. The summed E-state index contributed by atoms with van der Waals surface area (Å²) in [5.74, 6) is -1.09. The van der Waals surface area contributed by atoms with Crippen molar-refractivity contribution in [2.45, 2.75) is 0 Å². The van der Waals surface area contributed by atoms with E-state index in [9.17, 15) is 9.90 Å². The number of nitrogens with zero attached hydrogens (tertiary/aromatic N) is 4. The van der Waals surface area contributed by atoms with E-state index in [4.69, 9.17) is 5.73 Å². The van der Waals surface area contributed by atoms with Crippen molar-refractivity contribution in [1.29, 1.82) is 0 Å². The fraction of sp³-hybridized carbons (Fsp3) is 0. The maximum atomic E-state index is 11.4. The second-order valence-corrected chi connectivity index (χ2v) is 6.31.